The molecule has 1 aromatic heterocycles. The molecule has 5 heteroatoms. The summed E-state index contributed by atoms with van der Waals surface area (Å²) in [6.45, 7) is 4.25. The molecule has 0 unspecified atom stereocenters. The Morgan fingerprint density at radius 2 is 1.90 bits per heavy atom. The average molecular weight is 284 g/mol. The van der Waals surface area contributed by atoms with Gasteiger partial charge in [-0.25, -0.2) is 9.97 Å². The smallest absolute Gasteiger partial charge is 0.254 e. The third kappa shape index (κ3) is 3.02. The van der Waals surface area contributed by atoms with E-state index in [9.17, 15) is 4.79 Å². The van der Waals surface area contributed by atoms with Gasteiger partial charge < -0.3 is 10.6 Å². The molecule has 0 saturated carbocycles. The van der Waals surface area contributed by atoms with Crippen LogP contribution in [0.4, 0.5) is 5.95 Å². The van der Waals surface area contributed by atoms with Crippen LogP contribution >= 0.6 is 0 Å². The number of amides is 1. The first-order chi connectivity index (χ1) is 10.1. The summed E-state index contributed by atoms with van der Waals surface area (Å²) in [6.07, 6.45) is 1.56. The Labute approximate surface area is 124 Å². The molecule has 5 nitrogen and oxygen atoms in total. The van der Waals surface area contributed by atoms with Gasteiger partial charge in [0, 0.05) is 25.9 Å². The van der Waals surface area contributed by atoms with Crippen LogP contribution in [0.15, 0.2) is 30.5 Å². The zero-order valence-electron chi connectivity index (χ0n) is 12.8. The van der Waals surface area contributed by atoms with Crippen LogP contribution in [0.25, 0.3) is 11.3 Å². The third-order valence-electron chi connectivity index (χ3n) is 3.32. The summed E-state index contributed by atoms with van der Waals surface area (Å²) in [7, 11) is 3.36. The Bertz CT molecular complexity index is 652. The van der Waals surface area contributed by atoms with Crippen molar-refractivity contribution in [1.82, 2.24) is 15.3 Å². The normalized spacial score (nSPS) is 10.5. The first kappa shape index (κ1) is 15.0. The van der Waals surface area contributed by atoms with Crippen LogP contribution in [0.5, 0.6) is 0 Å². The lowest BCUT2D eigenvalue weighted by Crippen LogP contribution is -2.20. The van der Waals surface area contributed by atoms with E-state index >= 15 is 0 Å². The summed E-state index contributed by atoms with van der Waals surface area (Å²) in [5, 5.41) is 5.55. The molecule has 0 atom stereocenters. The van der Waals surface area contributed by atoms with Gasteiger partial charge in [-0.2, -0.15) is 0 Å². The second kappa shape index (κ2) is 6.35. The van der Waals surface area contributed by atoms with Gasteiger partial charge in [0.25, 0.3) is 5.91 Å². The number of nitrogens with zero attached hydrogens (tertiary/aromatic N) is 2. The van der Waals surface area contributed by atoms with E-state index in [1.54, 1.807) is 20.3 Å². The molecule has 1 aromatic carbocycles. The van der Waals surface area contributed by atoms with Crippen molar-refractivity contribution in [2.75, 3.05) is 19.4 Å². The van der Waals surface area contributed by atoms with Crippen molar-refractivity contribution in [1.29, 1.82) is 0 Å². The molecule has 0 radical (unpaired) electrons. The molecule has 0 aliphatic rings. The highest BCUT2D eigenvalue weighted by molar-refractivity contribution is 6.00. The second-order valence-electron chi connectivity index (χ2n) is 5.03. The fraction of sp³-hybridized carbons (Fsp3) is 0.312. The minimum Gasteiger partial charge on any atom is -0.357 e. The molecule has 2 N–H and O–H groups in total. The highest BCUT2D eigenvalue weighted by Crippen LogP contribution is 2.30. The van der Waals surface area contributed by atoms with E-state index in [0.29, 0.717) is 23.1 Å². The van der Waals surface area contributed by atoms with Crippen LogP contribution in [-0.4, -0.2) is 30.0 Å². The number of hydrogen-bond donors (Lipinski definition) is 2. The molecule has 110 valence electrons. The van der Waals surface area contributed by atoms with Gasteiger partial charge in [-0.05, 0) is 11.5 Å². The minimum atomic E-state index is -0.189. The van der Waals surface area contributed by atoms with Crippen molar-refractivity contribution in [2.45, 2.75) is 19.8 Å². The summed E-state index contributed by atoms with van der Waals surface area (Å²) in [5.41, 5.74) is 3.25. The maximum atomic E-state index is 12.1. The summed E-state index contributed by atoms with van der Waals surface area (Å²) in [4.78, 5) is 20.7. The van der Waals surface area contributed by atoms with Crippen LogP contribution < -0.4 is 10.6 Å². The van der Waals surface area contributed by atoms with E-state index in [1.807, 2.05) is 18.2 Å². The fourth-order valence-electron chi connectivity index (χ4n) is 2.22. The van der Waals surface area contributed by atoms with E-state index in [4.69, 9.17) is 0 Å². The molecule has 0 spiro atoms. The SMILES string of the molecule is CNC(=O)c1cnc(NC)nc1-c1ccccc1C(C)C. The van der Waals surface area contributed by atoms with Gasteiger partial charge in [0.2, 0.25) is 5.95 Å². The van der Waals surface area contributed by atoms with Gasteiger partial charge >= 0.3 is 0 Å². The standard InChI is InChI=1S/C16H20N4O/c1-10(2)11-7-5-6-8-12(11)14-13(15(21)17-3)9-19-16(18-4)20-14/h5-10H,1-4H3,(H,17,21)(H,18,19,20). The molecular formula is C16H20N4O. The minimum absolute atomic E-state index is 0.189. The van der Waals surface area contributed by atoms with Crippen LogP contribution in [0, 0.1) is 0 Å². The number of nitrogens with one attached hydrogen (secondary N) is 2. The maximum absolute atomic E-state index is 12.1. The number of rotatable bonds is 4. The Morgan fingerprint density at radius 3 is 2.52 bits per heavy atom. The van der Waals surface area contributed by atoms with Crippen molar-refractivity contribution < 1.29 is 4.79 Å². The zero-order chi connectivity index (χ0) is 15.4. The van der Waals surface area contributed by atoms with Gasteiger partial charge in [-0.15, -0.1) is 0 Å². The van der Waals surface area contributed by atoms with Gasteiger partial charge in [0.15, 0.2) is 0 Å². The van der Waals surface area contributed by atoms with Crippen molar-refractivity contribution in [2.24, 2.45) is 0 Å². The average Bonchev–Trinajstić information content (AvgIpc) is 2.53. The van der Waals surface area contributed by atoms with E-state index in [1.165, 1.54) is 0 Å². The first-order valence-corrected chi connectivity index (χ1v) is 6.94. The molecule has 0 aliphatic carbocycles. The summed E-state index contributed by atoms with van der Waals surface area (Å²) in [5.74, 6) is 0.647. The van der Waals surface area contributed by atoms with Crippen molar-refractivity contribution >= 4 is 11.9 Å². The molecular weight excluding hydrogens is 264 g/mol. The van der Waals surface area contributed by atoms with Gasteiger partial charge in [0.1, 0.15) is 0 Å². The van der Waals surface area contributed by atoms with Crippen LogP contribution in [0.2, 0.25) is 0 Å². The Hall–Kier alpha value is -2.43. The summed E-state index contributed by atoms with van der Waals surface area (Å²) >= 11 is 0. The monoisotopic (exact) mass is 284 g/mol. The molecule has 2 rings (SSSR count). The van der Waals surface area contributed by atoms with E-state index in [-0.39, 0.29) is 5.91 Å². The maximum Gasteiger partial charge on any atom is 0.254 e. The fourth-order valence-corrected chi connectivity index (χ4v) is 2.22. The van der Waals surface area contributed by atoms with Gasteiger partial charge in [-0.3, -0.25) is 4.79 Å². The quantitative estimate of drug-likeness (QED) is 0.906. The van der Waals surface area contributed by atoms with Gasteiger partial charge in [0.05, 0.1) is 11.3 Å². The Morgan fingerprint density at radius 1 is 1.19 bits per heavy atom. The molecule has 0 saturated heterocycles. The van der Waals surface area contributed by atoms with Crippen molar-refractivity contribution in [3.05, 3.63) is 41.6 Å². The predicted octanol–water partition coefficient (Wildman–Crippen LogP) is 2.67. The van der Waals surface area contributed by atoms with Crippen LogP contribution in [0.3, 0.4) is 0 Å². The van der Waals surface area contributed by atoms with E-state index < -0.39 is 0 Å². The van der Waals surface area contributed by atoms with Crippen LogP contribution in [0.1, 0.15) is 35.7 Å². The number of hydrogen-bond acceptors (Lipinski definition) is 4. The topological polar surface area (TPSA) is 66.9 Å². The van der Waals surface area contributed by atoms with E-state index in [0.717, 1.165) is 11.1 Å². The number of benzene rings is 1. The number of anilines is 1. The highest BCUT2D eigenvalue weighted by Gasteiger charge is 2.18. The molecule has 2 aromatic rings. The summed E-state index contributed by atoms with van der Waals surface area (Å²) in [6, 6.07) is 8.01. The molecule has 1 heterocycles. The van der Waals surface area contributed by atoms with Crippen LogP contribution in [-0.2, 0) is 0 Å². The summed E-state index contributed by atoms with van der Waals surface area (Å²) < 4.78 is 0. The molecule has 1 amide bonds. The highest BCUT2D eigenvalue weighted by atomic mass is 16.1. The number of carbonyl (C=O) groups excluding carboxylic acids is 1. The Balaban J connectivity index is 2.69. The van der Waals surface area contributed by atoms with E-state index in [2.05, 4.69) is 40.5 Å². The Kier molecular flexibility index (Phi) is 4.52. The molecule has 0 fully saturated rings. The lowest BCUT2D eigenvalue weighted by atomic mass is 9.93. The molecule has 21 heavy (non-hydrogen) atoms. The van der Waals surface area contributed by atoms with Gasteiger partial charge in [-0.1, -0.05) is 38.1 Å². The molecule has 0 aliphatic heterocycles. The molecule has 0 bridgehead atoms. The van der Waals surface area contributed by atoms with Crippen molar-refractivity contribution in [3.8, 4) is 11.3 Å². The predicted molar refractivity (Wildman–Crippen MR) is 84.5 cm³/mol. The number of aromatic nitrogens is 2. The lowest BCUT2D eigenvalue weighted by molar-refractivity contribution is 0.0963. The number of carbonyl (C=O) groups is 1. The first-order valence-electron chi connectivity index (χ1n) is 6.94. The lowest BCUT2D eigenvalue weighted by Gasteiger charge is -2.15. The second-order valence-corrected chi connectivity index (χ2v) is 5.03. The largest absolute Gasteiger partial charge is 0.357 e. The third-order valence-corrected chi connectivity index (χ3v) is 3.32. The zero-order valence-corrected chi connectivity index (χ0v) is 12.8. The van der Waals surface area contributed by atoms with Crippen molar-refractivity contribution in [3.63, 3.8) is 0 Å².